The molecule has 1 heterocycles. The lowest BCUT2D eigenvalue weighted by Gasteiger charge is -2.08. The van der Waals surface area contributed by atoms with Gasteiger partial charge in [0.1, 0.15) is 0 Å². The van der Waals surface area contributed by atoms with Crippen molar-refractivity contribution in [3.05, 3.63) is 59.2 Å². The van der Waals surface area contributed by atoms with Crippen LogP contribution in [0.15, 0.2) is 42.5 Å². The zero-order valence-electron chi connectivity index (χ0n) is 13.8. The molecule has 2 N–H and O–H groups in total. The number of benzene rings is 2. The molecule has 0 saturated carbocycles. The highest BCUT2D eigenvalue weighted by molar-refractivity contribution is 5.76. The molecule has 24 heavy (non-hydrogen) atoms. The summed E-state index contributed by atoms with van der Waals surface area (Å²) in [6.45, 7) is 4.25. The van der Waals surface area contributed by atoms with E-state index in [9.17, 15) is 4.79 Å². The van der Waals surface area contributed by atoms with E-state index in [-0.39, 0.29) is 12.7 Å². The van der Waals surface area contributed by atoms with Crippen molar-refractivity contribution in [1.29, 1.82) is 0 Å². The average molecular weight is 326 g/mol. The summed E-state index contributed by atoms with van der Waals surface area (Å²) in [5, 5.41) is 6.21. The number of hydrogen-bond donors (Lipinski definition) is 2. The van der Waals surface area contributed by atoms with Gasteiger partial charge in [-0.1, -0.05) is 35.9 Å². The molecule has 126 valence electrons. The highest BCUT2D eigenvalue weighted by Gasteiger charge is 2.13. The van der Waals surface area contributed by atoms with Gasteiger partial charge in [0.05, 0.1) is 0 Å². The fraction of sp³-hybridized carbons (Fsp3) is 0.316. The van der Waals surface area contributed by atoms with Crippen molar-refractivity contribution in [2.24, 2.45) is 0 Å². The van der Waals surface area contributed by atoms with Crippen LogP contribution in [-0.2, 0) is 17.9 Å². The highest BCUT2D eigenvalue weighted by Crippen LogP contribution is 2.32. The Morgan fingerprint density at radius 1 is 1.00 bits per heavy atom. The molecule has 0 unspecified atom stereocenters. The third-order valence-electron chi connectivity index (χ3n) is 3.91. The lowest BCUT2D eigenvalue weighted by Crippen LogP contribution is -2.27. The highest BCUT2D eigenvalue weighted by atomic mass is 16.7. The number of hydrogen-bond acceptors (Lipinski definition) is 4. The van der Waals surface area contributed by atoms with Crippen molar-refractivity contribution >= 4 is 5.91 Å². The van der Waals surface area contributed by atoms with Crippen molar-refractivity contribution in [3.8, 4) is 11.5 Å². The van der Waals surface area contributed by atoms with Crippen molar-refractivity contribution in [2.45, 2.75) is 26.4 Å². The summed E-state index contributed by atoms with van der Waals surface area (Å²) < 4.78 is 10.6. The Kier molecular flexibility index (Phi) is 5.33. The topological polar surface area (TPSA) is 59.6 Å². The smallest absolute Gasteiger partial charge is 0.231 e. The van der Waals surface area contributed by atoms with Crippen LogP contribution in [0.1, 0.15) is 23.1 Å². The van der Waals surface area contributed by atoms with E-state index in [0.29, 0.717) is 19.5 Å². The Labute approximate surface area is 142 Å². The molecule has 1 aliphatic rings. The van der Waals surface area contributed by atoms with Crippen LogP contribution >= 0.6 is 0 Å². The molecule has 0 saturated heterocycles. The van der Waals surface area contributed by atoms with Crippen molar-refractivity contribution in [2.75, 3.05) is 13.3 Å². The summed E-state index contributed by atoms with van der Waals surface area (Å²) in [5.74, 6) is 1.52. The maximum atomic E-state index is 11.9. The van der Waals surface area contributed by atoms with E-state index in [1.165, 1.54) is 11.1 Å². The van der Waals surface area contributed by atoms with E-state index < -0.39 is 0 Å². The Morgan fingerprint density at radius 2 is 1.75 bits per heavy atom. The fourth-order valence-corrected chi connectivity index (χ4v) is 2.48. The maximum absolute atomic E-state index is 11.9. The molecule has 0 aromatic heterocycles. The van der Waals surface area contributed by atoms with Crippen LogP contribution in [0, 0.1) is 6.92 Å². The second-order valence-electron chi connectivity index (χ2n) is 5.88. The molecule has 1 aliphatic heterocycles. The van der Waals surface area contributed by atoms with E-state index >= 15 is 0 Å². The number of carbonyl (C=O) groups excluding carboxylic acids is 1. The lowest BCUT2D eigenvalue weighted by molar-refractivity contribution is -0.121. The standard InChI is InChI=1S/C19H22N2O3/c1-14-2-4-15(5-3-14)11-20-9-8-19(22)21-12-16-6-7-17-18(10-16)24-13-23-17/h2-7,10,20H,8-9,11-13H2,1H3,(H,21,22). The summed E-state index contributed by atoms with van der Waals surface area (Å²) >= 11 is 0. The van der Waals surface area contributed by atoms with Gasteiger partial charge >= 0.3 is 0 Å². The summed E-state index contributed by atoms with van der Waals surface area (Å²) in [5.41, 5.74) is 3.48. The first-order chi connectivity index (χ1) is 11.7. The number of nitrogens with one attached hydrogen (secondary N) is 2. The summed E-state index contributed by atoms with van der Waals surface area (Å²) in [6, 6.07) is 14.1. The predicted molar refractivity (Wildman–Crippen MR) is 91.9 cm³/mol. The minimum atomic E-state index is 0.0315. The van der Waals surface area contributed by atoms with Crippen LogP contribution in [0.3, 0.4) is 0 Å². The molecule has 0 fully saturated rings. The number of ether oxygens (including phenoxy) is 2. The predicted octanol–water partition coefficient (Wildman–Crippen LogP) is 2.52. The second-order valence-corrected chi connectivity index (χ2v) is 5.88. The van der Waals surface area contributed by atoms with E-state index in [2.05, 4.69) is 41.8 Å². The molecule has 2 aromatic rings. The third-order valence-corrected chi connectivity index (χ3v) is 3.91. The van der Waals surface area contributed by atoms with Gasteiger partial charge in [0, 0.05) is 26.1 Å². The summed E-state index contributed by atoms with van der Waals surface area (Å²) in [4.78, 5) is 11.9. The molecule has 0 aliphatic carbocycles. The first kappa shape index (κ1) is 16.3. The molecule has 0 radical (unpaired) electrons. The summed E-state index contributed by atoms with van der Waals surface area (Å²) in [6.07, 6.45) is 0.455. The number of fused-ring (bicyclic) bond motifs is 1. The Hall–Kier alpha value is -2.53. The Morgan fingerprint density at radius 3 is 2.58 bits per heavy atom. The average Bonchev–Trinajstić information content (AvgIpc) is 3.06. The summed E-state index contributed by atoms with van der Waals surface area (Å²) in [7, 11) is 0. The fourth-order valence-electron chi connectivity index (χ4n) is 2.48. The van der Waals surface area contributed by atoms with Gasteiger partial charge in [-0.2, -0.15) is 0 Å². The number of amides is 1. The molecule has 3 rings (SSSR count). The minimum Gasteiger partial charge on any atom is -0.454 e. The van der Waals surface area contributed by atoms with E-state index in [4.69, 9.17) is 9.47 Å². The minimum absolute atomic E-state index is 0.0315. The van der Waals surface area contributed by atoms with Gasteiger partial charge in [0.15, 0.2) is 11.5 Å². The number of aryl methyl sites for hydroxylation is 1. The van der Waals surface area contributed by atoms with E-state index in [0.717, 1.165) is 23.6 Å². The zero-order chi connectivity index (χ0) is 16.8. The number of carbonyl (C=O) groups is 1. The van der Waals surface area contributed by atoms with Crippen molar-refractivity contribution in [3.63, 3.8) is 0 Å². The second kappa shape index (κ2) is 7.84. The molecular weight excluding hydrogens is 304 g/mol. The lowest BCUT2D eigenvalue weighted by atomic mass is 10.1. The van der Waals surface area contributed by atoms with Gasteiger partial charge in [-0.3, -0.25) is 4.79 Å². The molecule has 0 bridgehead atoms. The molecular formula is C19H22N2O3. The van der Waals surface area contributed by atoms with Crippen LogP contribution in [0.25, 0.3) is 0 Å². The van der Waals surface area contributed by atoms with Crippen molar-refractivity contribution in [1.82, 2.24) is 10.6 Å². The molecule has 1 amide bonds. The quantitative estimate of drug-likeness (QED) is 0.768. The first-order valence-electron chi connectivity index (χ1n) is 8.12. The molecule has 0 spiro atoms. The van der Waals surface area contributed by atoms with Gasteiger partial charge in [-0.15, -0.1) is 0 Å². The van der Waals surface area contributed by atoms with Crippen molar-refractivity contribution < 1.29 is 14.3 Å². The van der Waals surface area contributed by atoms with Gasteiger partial charge in [0.25, 0.3) is 0 Å². The van der Waals surface area contributed by atoms with Gasteiger partial charge in [-0.05, 0) is 30.2 Å². The molecule has 2 aromatic carbocycles. The Bertz CT molecular complexity index is 698. The van der Waals surface area contributed by atoms with Crippen LogP contribution in [0.5, 0.6) is 11.5 Å². The largest absolute Gasteiger partial charge is 0.454 e. The first-order valence-corrected chi connectivity index (χ1v) is 8.12. The van der Waals surface area contributed by atoms with E-state index in [1.54, 1.807) is 0 Å². The van der Waals surface area contributed by atoms with E-state index in [1.807, 2.05) is 18.2 Å². The molecule has 5 nitrogen and oxygen atoms in total. The van der Waals surface area contributed by atoms with Gasteiger partial charge in [-0.25, -0.2) is 0 Å². The molecule has 0 atom stereocenters. The van der Waals surface area contributed by atoms with Crippen LogP contribution in [0.4, 0.5) is 0 Å². The van der Waals surface area contributed by atoms with Crippen LogP contribution < -0.4 is 20.1 Å². The SMILES string of the molecule is Cc1ccc(CNCCC(=O)NCc2ccc3c(c2)OCO3)cc1. The van der Waals surface area contributed by atoms with Crippen LogP contribution in [-0.4, -0.2) is 19.2 Å². The third kappa shape index (κ3) is 4.49. The van der Waals surface area contributed by atoms with Crippen LogP contribution in [0.2, 0.25) is 0 Å². The monoisotopic (exact) mass is 326 g/mol. The normalized spacial score (nSPS) is 12.2. The molecule has 5 heteroatoms. The maximum Gasteiger partial charge on any atom is 0.231 e. The van der Waals surface area contributed by atoms with Gasteiger partial charge < -0.3 is 20.1 Å². The van der Waals surface area contributed by atoms with Gasteiger partial charge in [0.2, 0.25) is 12.7 Å². The Balaban J connectivity index is 1.34. The zero-order valence-corrected chi connectivity index (χ0v) is 13.8. The number of rotatable bonds is 7.